The fourth-order valence-corrected chi connectivity index (χ4v) is 1.51. The van der Waals surface area contributed by atoms with Crippen molar-refractivity contribution < 1.29 is 14.3 Å². The van der Waals surface area contributed by atoms with Crippen LogP contribution in [0.1, 0.15) is 5.56 Å². The molecule has 2 rings (SSSR count). The number of methoxy groups -OCH3 is 1. The van der Waals surface area contributed by atoms with Crippen molar-refractivity contribution in [3.05, 3.63) is 36.2 Å². The summed E-state index contributed by atoms with van der Waals surface area (Å²) in [5, 5.41) is 3.65. The molecular weight excluding hydrogens is 260 g/mol. The second kappa shape index (κ2) is 6.37. The number of rotatable bonds is 5. The molecule has 20 heavy (non-hydrogen) atoms. The molecule has 1 aromatic carbocycles. The van der Waals surface area contributed by atoms with Gasteiger partial charge in [-0.1, -0.05) is 17.3 Å². The maximum atomic E-state index is 5.78. The van der Waals surface area contributed by atoms with Crippen LogP contribution < -0.4 is 15.2 Å². The van der Waals surface area contributed by atoms with Gasteiger partial charge in [-0.15, -0.1) is 0 Å². The van der Waals surface area contributed by atoms with Crippen molar-refractivity contribution in [2.24, 2.45) is 5.16 Å². The molecule has 0 atom stereocenters. The predicted molar refractivity (Wildman–Crippen MR) is 74.1 cm³/mol. The van der Waals surface area contributed by atoms with Crippen molar-refractivity contribution in [1.29, 1.82) is 0 Å². The van der Waals surface area contributed by atoms with E-state index in [1.54, 1.807) is 19.2 Å². The second-order valence-corrected chi connectivity index (χ2v) is 3.65. The molecule has 0 fully saturated rings. The highest BCUT2D eigenvalue weighted by atomic mass is 16.6. The fraction of sp³-hybridized carbons (Fsp3) is 0.154. The number of oxime groups is 1. The standard InChI is InChI=1S/C13H14N4O3/c1-18-10-5-3-4-6-11(10)20-13-9(7-17-19-2)12(14)15-8-16-13/h3-8H,1-2H3,(H2,14,15,16)/b17-7-. The summed E-state index contributed by atoms with van der Waals surface area (Å²) < 4.78 is 10.9. The Hall–Kier alpha value is -2.83. The highest BCUT2D eigenvalue weighted by Gasteiger charge is 2.12. The number of benzene rings is 1. The van der Waals surface area contributed by atoms with Gasteiger partial charge in [-0.05, 0) is 12.1 Å². The zero-order chi connectivity index (χ0) is 14.4. The molecule has 7 nitrogen and oxygen atoms in total. The summed E-state index contributed by atoms with van der Waals surface area (Å²) in [5.74, 6) is 1.60. The van der Waals surface area contributed by atoms with Crippen molar-refractivity contribution in [2.75, 3.05) is 20.0 Å². The zero-order valence-corrected chi connectivity index (χ0v) is 11.1. The third kappa shape index (κ3) is 2.94. The van der Waals surface area contributed by atoms with Crippen molar-refractivity contribution in [1.82, 2.24) is 9.97 Å². The fourth-order valence-electron chi connectivity index (χ4n) is 1.51. The summed E-state index contributed by atoms with van der Waals surface area (Å²) >= 11 is 0. The van der Waals surface area contributed by atoms with E-state index in [9.17, 15) is 0 Å². The minimum Gasteiger partial charge on any atom is -0.493 e. The predicted octanol–water partition coefficient (Wildman–Crippen LogP) is 1.84. The van der Waals surface area contributed by atoms with Gasteiger partial charge in [-0.3, -0.25) is 0 Å². The Kier molecular flexibility index (Phi) is 4.33. The van der Waals surface area contributed by atoms with Crippen molar-refractivity contribution in [3.63, 3.8) is 0 Å². The molecule has 7 heteroatoms. The third-order valence-electron chi connectivity index (χ3n) is 2.44. The number of para-hydroxylation sites is 2. The molecule has 0 unspecified atom stereocenters. The van der Waals surface area contributed by atoms with E-state index in [1.807, 2.05) is 12.1 Å². The number of hydrogen-bond donors (Lipinski definition) is 1. The summed E-state index contributed by atoms with van der Waals surface area (Å²) in [7, 11) is 2.99. The maximum Gasteiger partial charge on any atom is 0.233 e. The van der Waals surface area contributed by atoms with E-state index < -0.39 is 0 Å². The minimum absolute atomic E-state index is 0.241. The normalized spacial score (nSPS) is 10.5. The van der Waals surface area contributed by atoms with Crippen LogP contribution in [0.15, 0.2) is 35.7 Å². The van der Waals surface area contributed by atoms with E-state index in [0.29, 0.717) is 17.1 Å². The highest BCUT2D eigenvalue weighted by Crippen LogP contribution is 2.31. The molecule has 0 aliphatic rings. The smallest absolute Gasteiger partial charge is 0.233 e. The van der Waals surface area contributed by atoms with Gasteiger partial charge in [0.1, 0.15) is 24.8 Å². The van der Waals surface area contributed by atoms with Crippen molar-refractivity contribution >= 4 is 12.0 Å². The van der Waals surface area contributed by atoms with E-state index in [1.165, 1.54) is 19.7 Å². The molecule has 0 aliphatic carbocycles. The van der Waals surface area contributed by atoms with Gasteiger partial charge < -0.3 is 20.0 Å². The first-order valence-corrected chi connectivity index (χ1v) is 5.74. The molecule has 104 valence electrons. The van der Waals surface area contributed by atoms with Gasteiger partial charge in [0.2, 0.25) is 5.88 Å². The largest absolute Gasteiger partial charge is 0.493 e. The van der Waals surface area contributed by atoms with Gasteiger partial charge in [0.15, 0.2) is 11.5 Å². The van der Waals surface area contributed by atoms with Gasteiger partial charge in [0.05, 0.1) is 13.3 Å². The summed E-state index contributed by atoms with van der Waals surface area (Å²) in [5.41, 5.74) is 6.21. The van der Waals surface area contributed by atoms with Gasteiger partial charge in [0.25, 0.3) is 0 Å². The number of aromatic nitrogens is 2. The van der Waals surface area contributed by atoms with E-state index in [0.717, 1.165) is 0 Å². The lowest BCUT2D eigenvalue weighted by molar-refractivity contribution is 0.215. The second-order valence-electron chi connectivity index (χ2n) is 3.65. The molecule has 0 bridgehead atoms. The SMILES string of the molecule is CO/N=C\c1c(N)ncnc1Oc1ccccc1OC. The van der Waals surface area contributed by atoms with E-state index in [-0.39, 0.29) is 11.7 Å². The van der Waals surface area contributed by atoms with E-state index in [2.05, 4.69) is 20.0 Å². The lowest BCUT2D eigenvalue weighted by atomic mass is 10.3. The Bertz CT molecular complexity index is 616. The molecule has 0 saturated carbocycles. The Morgan fingerprint density at radius 2 is 1.90 bits per heavy atom. The quantitative estimate of drug-likeness (QED) is 0.660. The van der Waals surface area contributed by atoms with Crippen LogP contribution in [0, 0.1) is 0 Å². The Morgan fingerprint density at radius 3 is 2.60 bits per heavy atom. The van der Waals surface area contributed by atoms with Crippen LogP contribution in [0.5, 0.6) is 17.4 Å². The molecule has 2 N–H and O–H groups in total. The summed E-state index contributed by atoms with van der Waals surface area (Å²) in [6.45, 7) is 0. The Morgan fingerprint density at radius 1 is 1.15 bits per heavy atom. The molecule has 1 aromatic heterocycles. The van der Waals surface area contributed by atoms with Crippen LogP contribution >= 0.6 is 0 Å². The molecular formula is C13H14N4O3. The van der Waals surface area contributed by atoms with E-state index >= 15 is 0 Å². The number of anilines is 1. The Balaban J connectivity index is 2.38. The summed E-state index contributed by atoms with van der Waals surface area (Å²) in [6, 6.07) is 7.20. The maximum absolute atomic E-state index is 5.78. The van der Waals surface area contributed by atoms with Crippen LogP contribution in [-0.4, -0.2) is 30.4 Å². The lowest BCUT2D eigenvalue weighted by Crippen LogP contribution is -2.03. The van der Waals surface area contributed by atoms with Crippen LogP contribution in [0.25, 0.3) is 0 Å². The van der Waals surface area contributed by atoms with Crippen molar-refractivity contribution in [3.8, 4) is 17.4 Å². The van der Waals surface area contributed by atoms with Crippen molar-refractivity contribution in [2.45, 2.75) is 0 Å². The number of nitrogen functional groups attached to an aromatic ring is 1. The monoisotopic (exact) mass is 274 g/mol. The van der Waals surface area contributed by atoms with Gasteiger partial charge >= 0.3 is 0 Å². The zero-order valence-electron chi connectivity index (χ0n) is 11.1. The van der Waals surface area contributed by atoms with Gasteiger partial charge in [0, 0.05) is 0 Å². The molecule has 1 heterocycles. The van der Waals surface area contributed by atoms with Gasteiger partial charge in [-0.25, -0.2) is 9.97 Å². The number of nitrogens with two attached hydrogens (primary N) is 1. The van der Waals surface area contributed by atoms with Crippen LogP contribution in [0.4, 0.5) is 5.82 Å². The Labute approximate surface area is 116 Å². The number of nitrogens with zero attached hydrogens (tertiary/aromatic N) is 3. The highest BCUT2D eigenvalue weighted by molar-refractivity contribution is 5.88. The van der Waals surface area contributed by atoms with Crippen LogP contribution in [0.3, 0.4) is 0 Å². The number of ether oxygens (including phenoxy) is 2. The molecule has 0 saturated heterocycles. The van der Waals surface area contributed by atoms with Crippen LogP contribution in [-0.2, 0) is 4.84 Å². The average molecular weight is 274 g/mol. The summed E-state index contributed by atoms with van der Waals surface area (Å²) in [4.78, 5) is 12.6. The molecule has 0 radical (unpaired) electrons. The molecule has 0 spiro atoms. The number of hydrogen-bond acceptors (Lipinski definition) is 7. The molecule has 0 amide bonds. The average Bonchev–Trinajstić information content (AvgIpc) is 2.47. The lowest BCUT2D eigenvalue weighted by Gasteiger charge is -2.11. The topological polar surface area (TPSA) is 91.9 Å². The van der Waals surface area contributed by atoms with Gasteiger partial charge in [-0.2, -0.15) is 0 Å². The third-order valence-corrected chi connectivity index (χ3v) is 2.44. The first kappa shape index (κ1) is 13.6. The van der Waals surface area contributed by atoms with E-state index in [4.69, 9.17) is 15.2 Å². The molecule has 0 aliphatic heterocycles. The van der Waals surface area contributed by atoms with Crippen LogP contribution in [0.2, 0.25) is 0 Å². The first-order valence-electron chi connectivity index (χ1n) is 5.74. The minimum atomic E-state index is 0.241. The summed E-state index contributed by atoms with van der Waals surface area (Å²) in [6.07, 6.45) is 2.70. The molecule has 2 aromatic rings. The first-order chi connectivity index (χ1) is 9.76.